The van der Waals surface area contributed by atoms with Crippen LogP contribution in [0.1, 0.15) is 12.5 Å². The van der Waals surface area contributed by atoms with Crippen LogP contribution in [-0.2, 0) is 16.3 Å². The van der Waals surface area contributed by atoms with Crippen LogP contribution in [0.2, 0.25) is 0 Å². The van der Waals surface area contributed by atoms with E-state index < -0.39 is 9.84 Å². The van der Waals surface area contributed by atoms with Crippen LogP contribution >= 0.6 is 0 Å². The van der Waals surface area contributed by atoms with Crippen molar-refractivity contribution in [2.24, 2.45) is 10.9 Å². The van der Waals surface area contributed by atoms with E-state index in [-0.39, 0.29) is 0 Å². The van der Waals surface area contributed by atoms with Gasteiger partial charge in [-0.15, -0.1) is 0 Å². The number of rotatable bonds is 2. The van der Waals surface area contributed by atoms with Crippen molar-refractivity contribution in [1.82, 2.24) is 0 Å². The minimum atomic E-state index is -3.15. The molecule has 2 aromatic carbocycles. The average Bonchev–Trinajstić information content (AvgIpc) is 2.46. The second kappa shape index (κ2) is 5.11. The molecule has 3 nitrogen and oxygen atoms in total. The highest BCUT2D eigenvalue weighted by molar-refractivity contribution is 7.90. The molecule has 0 saturated carbocycles. The van der Waals surface area contributed by atoms with E-state index in [0.717, 1.165) is 23.2 Å². The Balaban J connectivity index is 1.97. The van der Waals surface area contributed by atoms with Gasteiger partial charge in [0.15, 0.2) is 9.84 Å². The molecule has 1 aliphatic heterocycles. The van der Waals surface area contributed by atoms with E-state index in [1.165, 1.54) is 11.8 Å². The Morgan fingerprint density at radius 3 is 2.38 bits per heavy atom. The van der Waals surface area contributed by atoms with Gasteiger partial charge in [-0.25, -0.2) is 8.42 Å². The summed E-state index contributed by atoms with van der Waals surface area (Å²) >= 11 is 0. The molecular weight excluding hydrogens is 282 g/mol. The largest absolute Gasteiger partial charge is 0.261 e. The molecule has 0 amide bonds. The molecule has 21 heavy (non-hydrogen) atoms. The Labute approximate surface area is 125 Å². The molecule has 1 atom stereocenters. The number of aliphatic imine (C=N–C) groups is 1. The summed E-state index contributed by atoms with van der Waals surface area (Å²) in [7, 11) is -3.15. The second-order valence-corrected chi connectivity index (χ2v) is 7.62. The van der Waals surface area contributed by atoms with Gasteiger partial charge in [-0.05, 0) is 47.2 Å². The standard InChI is InChI=1S/C17H17NO2S/c1-12-9-15-4-3-14(10-17(15)18-11-12)13-5-7-16(8-6-13)21(2,19)20/h3-8,10-12H,9H2,1-2H3. The predicted octanol–water partition coefficient (Wildman–Crippen LogP) is 3.65. The summed E-state index contributed by atoms with van der Waals surface area (Å²) < 4.78 is 23.0. The molecule has 0 radical (unpaired) electrons. The molecule has 0 aromatic heterocycles. The van der Waals surface area contributed by atoms with Crippen LogP contribution in [0.5, 0.6) is 0 Å². The fraction of sp³-hybridized carbons (Fsp3) is 0.235. The van der Waals surface area contributed by atoms with Crippen molar-refractivity contribution in [3.63, 3.8) is 0 Å². The maximum Gasteiger partial charge on any atom is 0.175 e. The Kier molecular flexibility index (Phi) is 3.41. The lowest BCUT2D eigenvalue weighted by Crippen LogP contribution is -2.05. The molecule has 1 heterocycles. The first kappa shape index (κ1) is 14.0. The molecule has 1 unspecified atom stereocenters. The lowest BCUT2D eigenvalue weighted by atomic mass is 9.95. The van der Waals surface area contributed by atoms with Crippen LogP contribution in [0, 0.1) is 5.92 Å². The Bertz CT molecular complexity index is 805. The molecule has 4 heteroatoms. The van der Waals surface area contributed by atoms with Crippen LogP contribution in [0.4, 0.5) is 5.69 Å². The summed E-state index contributed by atoms with van der Waals surface area (Å²) in [5.74, 6) is 0.484. The van der Waals surface area contributed by atoms with E-state index in [1.807, 2.05) is 18.3 Å². The SMILES string of the molecule is CC1C=Nc2cc(-c3ccc(S(C)(=O)=O)cc3)ccc2C1. The molecule has 0 fully saturated rings. The van der Waals surface area contributed by atoms with Crippen molar-refractivity contribution in [2.75, 3.05) is 6.26 Å². The summed E-state index contributed by atoms with van der Waals surface area (Å²) in [6.07, 6.45) is 4.22. The third kappa shape index (κ3) is 2.90. The normalized spacial score (nSPS) is 17.5. The fourth-order valence-corrected chi connectivity index (χ4v) is 3.17. The number of sulfone groups is 1. The quantitative estimate of drug-likeness (QED) is 0.849. The van der Waals surface area contributed by atoms with Crippen molar-refractivity contribution in [3.05, 3.63) is 48.0 Å². The number of hydrogen-bond acceptors (Lipinski definition) is 3. The molecular formula is C17H17NO2S. The van der Waals surface area contributed by atoms with Gasteiger partial charge < -0.3 is 0 Å². The first-order valence-corrected chi connectivity index (χ1v) is 8.80. The van der Waals surface area contributed by atoms with Crippen molar-refractivity contribution in [1.29, 1.82) is 0 Å². The highest BCUT2D eigenvalue weighted by Gasteiger charge is 2.12. The van der Waals surface area contributed by atoms with Crippen LogP contribution in [-0.4, -0.2) is 20.9 Å². The van der Waals surface area contributed by atoms with Gasteiger partial charge in [-0.3, -0.25) is 4.99 Å². The van der Waals surface area contributed by atoms with Crippen LogP contribution in [0.3, 0.4) is 0 Å². The van der Waals surface area contributed by atoms with Crippen LogP contribution in [0.25, 0.3) is 11.1 Å². The van der Waals surface area contributed by atoms with Gasteiger partial charge >= 0.3 is 0 Å². The number of hydrogen-bond donors (Lipinski definition) is 0. The zero-order valence-corrected chi connectivity index (χ0v) is 12.9. The highest BCUT2D eigenvalue weighted by Crippen LogP contribution is 2.31. The van der Waals surface area contributed by atoms with Crippen molar-refractivity contribution in [3.8, 4) is 11.1 Å². The molecule has 0 N–H and O–H groups in total. The van der Waals surface area contributed by atoms with E-state index in [9.17, 15) is 8.42 Å². The lowest BCUT2D eigenvalue weighted by molar-refractivity contribution is 0.602. The molecule has 0 saturated heterocycles. The first-order valence-electron chi connectivity index (χ1n) is 6.91. The molecule has 0 spiro atoms. The zero-order chi connectivity index (χ0) is 15.0. The molecule has 1 aliphatic rings. The smallest absolute Gasteiger partial charge is 0.175 e. The number of benzene rings is 2. The topological polar surface area (TPSA) is 46.5 Å². The third-order valence-corrected chi connectivity index (χ3v) is 4.84. The maximum absolute atomic E-state index is 11.5. The highest BCUT2D eigenvalue weighted by atomic mass is 32.2. The van der Waals surface area contributed by atoms with E-state index >= 15 is 0 Å². The minimum absolute atomic E-state index is 0.344. The monoisotopic (exact) mass is 299 g/mol. The van der Waals surface area contributed by atoms with Crippen molar-refractivity contribution in [2.45, 2.75) is 18.2 Å². The van der Waals surface area contributed by atoms with Crippen molar-refractivity contribution >= 4 is 21.7 Å². The molecule has 2 aromatic rings. The van der Waals surface area contributed by atoms with Crippen LogP contribution < -0.4 is 0 Å². The predicted molar refractivity (Wildman–Crippen MR) is 86.0 cm³/mol. The summed E-state index contributed by atoms with van der Waals surface area (Å²) in [4.78, 5) is 4.84. The van der Waals surface area contributed by atoms with Gasteiger partial charge in [-0.1, -0.05) is 31.2 Å². The number of nitrogens with zero attached hydrogens (tertiary/aromatic N) is 1. The Hall–Kier alpha value is -1.94. The molecule has 108 valence electrons. The Morgan fingerprint density at radius 1 is 1.05 bits per heavy atom. The summed E-state index contributed by atoms with van der Waals surface area (Å²) in [6, 6.07) is 13.2. The van der Waals surface area contributed by atoms with E-state index in [2.05, 4.69) is 30.1 Å². The van der Waals surface area contributed by atoms with Gasteiger partial charge in [0.1, 0.15) is 0 Å². The zero-order valence-electron chi connectivity index (χ0n) is 12.1. The minimum Gasteiger partial charge on any atom is -0.261 e. The van der Waals surface area contributed by atoms with Gasteiger partial charge in [0.2, 0.25) is 0 Å². The van der Waals surface area contributed by atoms with E-state index in [0.29, 0.717) is 10.8 Å². The Morgan fingerprint density at radius 2 is 1.71 bits per heavy atom. The van der Waals surface area contributed by atoms with Gasteiger partial charge in [0, 0.05) is 12.5 Å². The molecule has 3 rings (SSSR count). The lowest BCUT2D eigenvalue weighted by Gasteiger charge is -2.15. The van der Waals surface area contributed by atoms with E-state index in [1.54, 1.807) is 12.1 Å². The summed E-state index contributed by atoms with van der Waals surface area (Å²) in [6.45, 7) is 2.16. The van der Waals surface area contributed by atoms with Crippen molar-refractivity contribution < 1.29 is 8.42 Å². The van der Waals surface area contributed by atoms with Crippen LogP contribution in [0.15, 0.2) is 52.4 Å². The molecule has 0 bridgehead atoms. The molecule has 0 aliphatic carbocycles. The first-order chi connectivity index (χ1) is 9.93. The maximum atomic E-state index is 11.5. The summed E-state index contributed by atoms with van der Waals surface area (Å²) in [5, 5.41) is 0. The van der Waals surface area contributed by atoms with E-state index in [4.69, 9.17) is 0 Å². The summed E-state index contributed by atoms with van der Waals surface area (Å²) in [5.41, 5.74) is 4.33. The van der Waals surface area contributed by atoms with Gasteiger partial charge in [-0.2, -0.15) is 0 Å². The third-order valence-electron chi connectivity index (χ3n) is 3.71. The second-order valence-electron chi connectivity index (χ2n) is 5.60. The number of fused-ring (bicyclic) bond motifs is 1. The van der Waals surface area contributed by atoms with Gasteiger partial charge in [0.05, 0.1) is 10.6 Å². The average molecular weight is 299 g/mol. The van der Waals surface area contributed by atoms with Gasteiger partial charge in [0.25, 0.3) is 0 Å². The fourth-order valence-electron chi connectivity index (χ4n) is 2.54.